The van der Waals surface area contributed by atoms with Crippen LogP contribution in [0.15, 0.2) is 29.2 Å². The van der Waals surface area contributed by atoms with Gasteiger partial charge in [-0.15, -0.1) is 11.8 Å². The Morgan fingerprint density at radius 1 is 1.29 bits per heavy atom. The zero-order chi connectivity index (χ0) is 10.0. The van der Waals surface area contributed by atoms with Crippen molar-refractivity contribution >= 4 is 27.7 Å². The maximum Gasteiger partial charge on any atom is 0.00959 e. The molecule has 14 heavy (non-hydrogen) atoms. The monoisotopic (exact) mass is 270 g/mol. The molecule has 0 unspecified atom stereocenters. The molecule has 0 nitrogen and oxygen atoms in total. The Morgan fingerprint density at radius 2 is 1.93 bits per heavy atom. The average Bonchev–Trinajstić information content (AvgIpc) is 2.98. The van der Waals surface area contributed by atoms with Crippen molar-refractivity contribution in [1.82, 2.24) is 0 Å². The predicted molar refractivity (Wildman–Crippen MR) is 67.4 cm³/mol. The van der Waals surface area contributed by atoms with Crippen LogP contribution in [0.4, 0.5) is 0 Å². The maximum absolute atomic E-state index is 3.61. The van der Waals surface area contributed by atoms with Gasteiger partial charge in [0.1, 0.15) is 0 Å². The highest BCUT2D eigenvalue weighted by Crippen LogP contribution is 2.50. The third-order valence-electron chi connectivity index (χ3n) is 2.81. The average molecular weight is 271 g/mol. The van der Waals surface area contributed by atoms with Crippen molar-refractivity contribution in [2.75, 3.05) is 11.1 Å². The van der Waals surface area contributed by atoms with E-state index in [4.69, 9.17) is 0 Å². The largest absolute Gasteiger partial charge is 0.126 e. The molecule has 2 heteroatoms. The van der Waals surface area contributed by atoms with Crippen LogP contribution in [0.2, 0.25) is 0 Å². The summed E-state index contributed by atoms with van der Waals surface area (Å²) >= 11 is 5.60. The minimum Gasteiger partial charge on any atom is -0.126 e. The third kappa shape index (κ3) is 2.54. The molecule has 1 aliphatic rings. The molecule has 0 atom stereocenters. The van der Waals surface area contributed by atoms with Crippen LogP contribution in [-0.2, 0) is 0 Å². The van der Waals surface area contributed by atoms with Gasteiger partial charge >= 0.3 is 0 Å². The second-order valence-electron chi connectivity index (χ2n) is 4.24. The molecule has 0 N–H and O–H groups in total. The van der Waals surface area contributed by atoms with Gasteiger partial charge in [-0.1, -0.05) is 33.6 Å². The Bertz CT molecular complexity index is 301. The van der Waals surface area contributed by atoms with Gasteiger partial charge in [0.05, 0.1) is 0 Å². The van der Waals surface area contributed by atoms with E-state index in [1.54, 1.807) is 0 Å². The quantitative estimate of drug-likeness (QED) is 0.582. The highest BCUT2D eigenvalue weighted by molar-refractivity contribution is 9.09. The second kappa shape index (κ2) is 4.28. The molecule has 1 saturated carbocycles. The SMILES string of the molecule is Cc1ccc(SCC2(CBr)CC2)cc1. The molecule has 76 valence electrons. The first-order chi connectivity index (χ1) is 6.74. The van der Waals surface area contributed by atoms with Crippen molar-refractivity contribution < 1.29 is 0 Å². The zero-order valence-corrected chi connectivity index (χ0v) is 10.8. The summed E-state index contributed by atoms with van der Waals surface area (Å²) in [6.45, 7) is 2.13. The molecular weight excluding hydrogens is 256 g/mol. The van der Waals surface area contributed by atoms with Gasteiger partial charge in [-0.2, -0.15) is 0 Å². The lowest BCUT2D eigenvalue weighted by Crippen LogP contribution is -2.04. The summed E-state index contributed by atoms with van der Waals surface area (Å²) in [5.74, 6) is 1.27. The number of hydrogen-bond donors (Lipinski definition) is 0. The normalized spacial score (nSPS) is 18.1. The summed E-state index contributed by atoms with van der Waals surface area (Å²) in [4.78, 5) is 1.41. The Labute approximate surface area is 98.6 Å². The van der Waals surface area contributed by atoms with Gasteiger partial charge in [0.25, 0.3) is 0 Å². The van der Waals surface area contributed by atoms with Gasteiger partial charge in [-0.25, -0.2) is 0 Å². The van der Waals surface area contributed by atoms with E-state index < -0.39 is 0 Å². The number of benzene rings is 1. The molecule has 1 aromatic rings. The number of aryl methyl sites for hydroxylation is 1. The molecule has 0 spiro atoms. The van der Waals surface area contributed by atoms with Crippen LogP contribution in [0.5, 0.6) is 0 Å². The summed E-state index contributed by atoms with van der Waals surface area (Å²) in [6.07, 6.45) is 2.80. The first-order valence-corrected chi connectivity index (χ1v) is 7.10. The van der Waals surface area contributed by atoms with E-state index in [1.807, 2.05) is 11.8 Å². The summed E-state index contributed by atoms with van der Waals surface area (Å²) in [7, 11) is 0. The Balaban J connectivity index is 1.89. The zero-order valence-electron chi connectivity index (χ0n) is 8.42. The molecule has 0 heterocycles. The fraction of sp³-hybridized carbons (Fsp3) is 0.500. The molecule has 1 fully saturated rings. The first-order valence-electron chi connectivity index (χ1n) is 5.00. The van der Waals surface area contributed by atoms with E-state index in [1.165, 1.54) is 34.4 Å². The van der Waals surface area contributed by atoms with Crippen LogP contribution in [-0.4, -0.2) is 11.1 Å². The van der Waals surface area contributed by atoms with E-state index >= 15 is 0 Å². The maximum atomic E-state index is 3.61. The Morgan fingerprint density at radius 3 is 2.43 bits per heavy atom. The fourth-order valence-electron chi connectivity index (χ4n) is 1.36. The van der Waals surface area contributed by atoms with Gasteiger partial charge in [0.2, 0.25) is 0 Å². The number of rotatable bonds is 4. The lowest BCUT2D eigenvalue weighted by molar-refractivity contribution is 0.686. The highest BCUT2D eigenvalue weighted by Gasteiger charge is 2.41. The van der Waals surface area contributed by atoms with Gasteiger partial charge in [0, 0.05) is 16.0 Å². The fourth-order valence-corrected chi connectivity index (χ4v) is 3.58. The minimum atomic E-state index is 0.621. The molecule has 1 aliphatic carbocycles. The van der Waals surface area contributed by atoms with Crippen LogP contribution < -0.4 is 0 Å². The van der Waals surface area contributed by atoms with Crippen molar-refractivity contribution in [2.24, 2.45) is 5.41 Å². The van der Waals surface area contributed by atoms with E-state index in [0.717, 1.165) is 0 Å². The summed E-state index contributed by atoms with van der Waals surface area (Å²) in [6, 6.07) is 8.83. The van der Waals surface area contributed by atoms with E-state index in [0.29, 0.717) is 5.41 Å². The standard InChI is InChI=1S/C12H15BrS/c1-10-2-4-11(5-3-10)14-9-12(8-13)6-7-12/h2-5H,6-9H2,1H3. The van der Waals surface area contributed by atoms with Crippen molar-refractivity contribution in [3.63, 3.8) is 0 Å². The minimum absolute atomic E-state index is 0.621. The van der Waals surface area contributed by atoms with Crippen molar-refractivity contribution in [2.45, 2.75) is 24.7 Å². The predicted octanol–water partition coefficient (Wildman–Crippen LogP) is 4.26. The van der Waals surface area contributed by atoms with Gasteiger partial charge in [-0.05, 0) is 37.3 Å². The van der Waals surface area contributed by atoms with E-state index in [2.05, 4.69) is 47.1 Å². The lowest BCUT2D eigenvalue weighted by atomic mass is 10.2. The molecule has 0 saturated heterocycles. The molecule has 2 rings (SSSR count). The van der Waals surface area contributed by atoms with Crippen LogP contribution in [0, 0.1) is 12.3 Å². The van der Waals surface area contributed by atoms with E-state index in [9.17, 15) is 0 Å². The van der Waals surface area contributed by atoms with Gasteiger partial charge in [-0.3, -0.25) is 0 Å². The Kier molecular flexibility index (Phi) is 3.23. The van der Waals surface area contributed by atoms with Crippen LogP contribution in [0.25, 0.3) is 0 Å². The van der Waals surface area contributed by atoms with Crippen molar-refractivity contribution in [3.8, 4) is 0 Å². The third-order valence-corrected chi connectivity index (χ3v) is 5.36. The van der Waals surface area contributed by atoms with Gasteiger partial charge < -0.3 is 0 Å². The molecular formula is C12H15BrS. The molecule has 0 amide bonds. The van der Waals surface area contributed by atoms with Gasteiger partial charge in [0.15, 0.2) is 0 Å². The number of thioether (sulfide) groups is 1. The Hall–Kier alpha value is 0.0500. The molecule has 0 bridgehead atoms. The topological polar surface area (TPSA) is 0 Å². The first kappa shape index (κ1) is 10.6. The summed E-state index contributed by atoms with van der Waals surface area (Å²) in [5.41, 5.74) is 1.96. The number of hydrogen-bond acceptors (Lipinski definition) is 1. The van der Waals surface area contributed by atoms with Crippen LogP contribution >= 0.6 is 27.7 Å². The van der Waals surface area contributed by atoms with E-state index in [-0.39, 0.29) is 0 Å². The molecule has 0 aliphatic heterocycles. The molecule has 1 aromatic carbocycles. The van der Waals surface area contributed by atoms with Crippen molar-refractivity contribution in [1.29, 1.82) is 0 Å². The molecule has 0 aromatic heterocycles. The number of alkyl halides is 1. The summed E-state index contributed by atoms with van der Waals surface area (Å²) in [5, 5.41) is 1.17. The smallest absolute Gasteiger partial charge is 0.00959 e. The summed E-state index contributed by atoms with van der Waals surface area (Å²) < 4.78 is 0. The highest BCUT2D eigenvalue weighted by atomic mass is 79.9. The second-order valence-corrected chi connectivity index (χ2v) is 5.84. The molecule has 0 radical (unpaired) electrons. The van der Waals surface area contributed by atoms with Crippen molar-refractivity contribution in [3.05, 3.63) is 29.8 Å². The van der Waals surface area contributed by atoms with Crippen LogP contribution in [0.3, 0.4) is 0 Å². The number of halogens is 1. The lowest BCUT2D eigenvalue weighted by Gasteiger charge is -2.10. The van der Waals surface area contributed by atoms with Crippen LogP contribution in [0.1, 0.15) is 18.4 Å².